The molecule has 1 saturated heterocycles. The monoisotopic (exact) mass is 735 g/mol. The molecule has 292 valence electrons. The van der Waals surface area contributed by atoms with E-state index in [1.165, 1.54) is 13.2 Å². The maximum Gasteiger partial charge on any atom is 0.422 e. The lowest BCUT2D eigenvalue weighted by molar-refractivity contribution is -0.135. The fourth-order valence-corrected chi connectivity index (χ4v) is 5.15. The summed E-state index contributed by atoms with van der Waals surface area (Å²) in [6, 6.07) is 4.14. The van der Waals surface area contributed by atoms with Gasteiger partial charge in [0.05, 0.1) is 19.3 Å². The number of nitrogens with one attached hydrogen (secondary N) is 1. The predicted octanol–water partition coefficient (Wildman–Crippen LogP) is 10.5. The summed E-state index contributed by atoms with van der Waals surface area (Å²) in [6.07, 6.45) is 13.0. The maximum atomic E-state index is 14.2. The summed E-state index contributed by atoms with van der Waals surface area (Å²) in [6.45, 7) is 22.7. The van der Waals surface area contributed by atoms with Crippen LogP contribution in [0, 0.1) is 17.2 Å². The molecule has 9 nitrogen and oxygen atoms in total. The second-order valence-corrected chi connectivity index (χ2v) is 15.8. The number of carbonyl (C=O) groups excluding carboxylic acids is 3. The minimum Gasteiger partial charge on any atom is -0.492 e. The van der Waals surface area contributed by atoms with E-state index in [0.29, 0.717) is 37.0 Å². The number of nitrogens with zero attached hydrogens (tertiary/aromatic N) is 2. The van der Waals surface area contributed by atoms with Gasteiger partial charge in [0.25, 0.3) is 0 Å². The van der Waals surface area contributed by atoms with Crippen molar-refractivity contribution in [2.45, 2.75) is 127 Å². The van der Waals surface area contributed by atoms with Crippen LogP contribution in [-0.2, 0) is 25.5 Å². The number of esters is 1. The molecule has 0 unspecified atom stereocenters. The van der Waals surface area contributed by atoms with Crippen LogP contribution in [0.5, 0.6) is 0 Å². The summed E-state index contributed by atoms with van der Waals surface area (Å²) in [5.74, 6) is -0.676. The van der Waals surface area contributed by atoms with E-state index in [-0.39, 0.29) is 23.2 Å². The standard InChI is InChI=1S/C38H50FN3O6.C5H12/c1-9-11-16-31(34-32(18-20-47-34)26(4)41-24-27-21-29(36(44)46-8)23-30(39)22-27)25(3)17-19-40-33(13-10-2)42(35(43)28-14-12-15-28)37(45)48-38(5,6)7;1-5(2,3)4/h11,13,16-17,19,21-23,28,41H,9-10,12,14-15,18,20,24H2,1-8H3;1-4H3/b16-11+,25-17+,32-26+,33-13-,34-31-,40-19-;. The first-order valence-electron chi connectivity index (χ1n) is 18.6. The van der Waals surface area contributed by atoms with E-state index in [0.717, 1.165) is 64.8 Å². The highest BCUT2D eigenvalue weighted by Gasteiger charge is 2.37. The summed E-state index contributed by atoms with van der Waals surface area (Å²) in [4.78, 5) is 44.3. The number of aliphatic imine (C=N–C) groups is 1. The Hall–Kier alpha value is -4.47. The normalized spacial score (nSPS) is 17.5. The Labute approximate surface area is 317 Å². The Balaban J connectivity index is 0.00000181. The van der Waals surface area contributed by atoms with Gasteiger partial charge in [0.1, 0.15) is 23.0 Å². The van der Waals surface area contributed by atoms with Gasteiger partial charge in [-0.05, 0) is 107 Å². The lowest BCUT2D eigenvalue weighted by Crippen LogP contribution is -2.44. The number of hydrogen-bond donors (Lipinski definition) is 1. The summed E-state index contributed by atoms with van der Waals surface area (Å²) < 4.78 is 30.7. The topological polar surface area (TPSA) is 107 Å². The first kappa shape index (κ1) is 44.7. The molecule has 2 aliphatic rings. The molecule has 1 aliphatic heterocycles. The molecule has 0 radical (unpaired) electrons. The zero-order valence-electron chi connectivity index (χ0n) is 34.1. The zero-order valence-corrected chi connectivity index (χ0v) is 34.1. The van der Waals surface area contributed by atoms with Crippen molar-refractivity contribution >= 4 is 24.2 Å². The zero-order chi connectivity index (χ0) is 39.9. The van der Waals surface area contributed by atoms with E-state index in [2.05, 4.69) is 38.0 Å². The van der Waals surface area contributed by atoms with E-state index in [4.69, 9.17) is 14.2 Å². The number of imide groups is 1. The van der Waals surface area contributed by atoms with Crippen LogP contribution in [0.25, 0.3) is 0 Å². The Morgan fingerprint density at radius 3 is 2.25 bits per heavy atom. The van der Waals surface area contributed by atoms with Gasteiger partial charge in [-0.1, -0.05) is 60.1 Å². The highest BCUT2D eigenvalue weighted by Crippen LogP contribution is 2.33. The van der Waals surface area contributed by atoms with Crippen molar-refractivity contribution in [1.82, 2.24) is 10.2 Å². The third-order valence-electron chi connectivity index (χ3n) is 7.85. The summed E-state index contributed by atoms with van der Waals surface area (Å²) >= 11 is 0. The predicted molar refractivity (Wildman–Crippen MR) is 210 cm³/mol. The molecule has 1 N–H and O–H groups in total. The summed E-state index contributed by atoms with van der Waals surface area (Å²) in [7, 11) is 1.26. The number of amides is 2. The highest BCUT2D eigenvalue weighted by atomic mass is 19.1. The van der Waals surface area contributed by atoms with Crippen molar-refractivity contribution in [2.75, 3.05) is 13.7 Å². The third-order valence-corrected chi connectivity index (χ3v) is 7.85. The van der Waals surface area contributed by atoms with Crippen LogP contribution in [0.3, 0.4) is 0 Å². The van der Waals surface area contributed by atoms with Gasteiger partial charge >= 0.3 is 12.1 Å². The molecule has 3 rings (SSSR count). The van der Waals surface area contributed by atoms with Crippen LogP contribution < -0.4 is 5.32 Å². The first-order valence-corrected chi connectivity index (χ1v) is 18.6. The molecule has 1 aromatic carbocycles. The van der Waals surface area contributed by atoms with Crippen LogP contribution in [0.1, 0.15) is 131 Å². The van der Waals surface area contributed by atoms with E-state index in [1.807, 2.05) is 45.9 Å². The molecule has 0 bridgehead atoms. The number of rotatable bonds is 12. The molecule has 0 aromatic heterocycles. The number of methoxy groups -OCH3 is 1. The molecule has 53 heavy (non-hydrogen) atoms. The molecule has 1 heterocycles. The number of halogens is 1. The Bertz CT molecular complexity index is 1630. The van der Waals surface area contributed by atoms with Crippen LogP contribution >= 0.6 is 0 Å². The van der Waals surface area contributed by atoms with Gasteiger partial charge < -0.3 is 19.5 Å². The van der Waals surface area contributed by atoms with E-state index in [9.17, 15) is 18.8 Å². The number of benzene rings is 1. The molecule has 1 saturated carbocycles. The lowest BCUT2D eigenvalue weighted by Gasteiger charge is -2.31. The fourth-order valence-electron chi connectivity index (χ4n) is 5.15. The molecule has 2 fully saturated rings. The number of carbonyl (C=O) groups is 3. The van der Waals surface area contributed by atoms with Crippen molar-refractivity contribution in [1.29, 1.82) is 0 Å². The quantitative estimate of drug-likeness (QED) is 0.168. The van der Waals surface area contributed by atoms with Crippen LogP contribution in [0.4, 0.5) is 9.18 Å². The highest BCUT2D eigenvalue weighted by molar-refractivity contribution is 5.96. The van der Waals surface area contributed by atoms with Gasteiger partial charge in [-0.3, -0.25) is 4.79 Å². The Kier molecular flexibility index (Phi) is 17.4. The molecule has 2 amide bonds. The molecule has 1 aliphatic carbocycles. The van der Waals surface area contributed by atoms with E-state index in [1.54, 1.807) is 39.1 Å². The van der Waals surface area contributed by atoms with Crippen molar-refractivity contribution < 1.29 is 33.0 Å². The van der Waals surface area contributed by atoms with E-state index >= 15 is 0 Å². The molecule has 10 heteroatoms. The average molecular weight is 736 g/mol. The van der Waals surface area contributed by atoms with Gasteiger partial charge in [0.2, 0.25) is 5.91 Å². The molecule has 0 spiro atoms. The van der Waals surface area contributed by atoms with Crippen LogP contribution in [0.15, 0.2) is 81.5 Å². The minimum atomic E-state index is -0.776. The third kappa shape index (κ3) is 15.2. The number of allylic oxidation sites excluding steroid dienone is 8. The second kappa shape index (κ2) is 20.7. The first-order chi connectivity index (χ1) is 24.8. The molecule has 1 aromatic rings. The fraction of sp³-hybridized carbons (Fsp3) is 0.535. The van der Waals surface area contributed by atoms with Gasteiger partial charge in [-0.2, -0.15) is 4.90 Å². The van der Waals surface area contributed by atoms with Crippen molar-refractivity contribution in [2.24, 2.45) is 16.3 Å². The smallest absolute Gasteiger partial charge is 0.422 e. The van der Waals surface area contributed by atoms with Gasteiger partial charge in [0, 0.05) is 41.9 Å². The lowest BCUT2D eigenvalue weighted by atomic mass is 9.84. The van der Waals surface area contributed by atoms with Crippen molar-refractivity contribution in [3.63, 3.8) is 0 Å². The Morgan fingerprint density at radius 1 is 1.04 bits per heavy atom. The van der Waals surface area contributed by atoms with Gasteiger partial charge in [0.15, 0.2) is 0 Å². The maximum absolute atomic E-state index is 14.2. The molecule has 0 atom stereocenters. The summed E-state index contributed by atoms with van der Waals surface area (Å²) in [5, 5.41) is 3.36. The minimum absolute atomic E-state index is 0.150. The van der Waals surface area contributed by atoms with Gasteiger partial charge in [-0.25, -0.2) is 19.0 Å². The largest absolute Gasteiger partial charge is 0.492 e. The second-order valence-electron chi connectivity index (χ2n) is 15.8. The summed E-state index contributed by atoms with van der Waals surface area (Å²) in [5.41, 5.74) is 4.06. The average Bonchev–Trinajstić information content (AvgIpc) is 3.50. The number of ether oxygens (including phenoxy) is 3. The Morgan fingerprint density at radius 2 is 1.70 bits per heavy atom. The number of hydrogen-bond acceptors (Lipinski definition) is 8. The molecular formula is C43H62FN3O6. The van der Waals surface area contributed by atoms with Gasteiger partial charge in [-0.15, -0.1) is 0 Å². The van der Waals surface area contributed by atoms with Crippen molar-refractivity contribution in [3.05, 3.63) is 93.4 Å². The van der Waals surface area contributed by atoms with Crippen molar-refractivity contribution in [3.8, 4) is 0 Å². The molecular weight excluding hydrogens is 673 g/mol. The van der Waals surface area contributed by atoms with Crippen LogP contribution in [-0.4, -0.2) is 48.4 Å². The van der Waals surface area contributed by atoms with E-state index < -0.39 is 23.5 Å². The van der Waals surface area contributed by atoms with Crippen LogP contribution in [0.2, 0.25) is 0 Å². The SMILES string of the molecule is CC(C)(C)C.CC\C=C(\N=C/C=C(C)/C(/C=C/CC)=C1\OCC\C1=C(\C)NCc1cc(F)cc(C(=O)OC)c1)N(C(=O)OC(C)(C)C)C(=O)C1CCC1.